The molecule has 0 aliphatic carbocycles. The summed E-state index contributed by atoms with van der Waals surface area (Å²) in [5, 5.41) is 11.3. The van der Waals surface area contributed by atoms with E-state index in [1.807, 2.05) is 18.2 Å². The molecular formula is C18H13N3O2. The minimum atomic E-state index is -0.106. The number of phenols is 1. The minimum absolute atomic E-state index is 0.0825. The molecule has 1 aliphatic rings. The average Bonchev–Trinajstić information content (AvgIpc) is 2.95. The van der Waals surface area contributed by atoms with Crippen LogP contribution in [0.3, 0.4) is 0 Å². The van der Waals surface area contributed by atoms with Gasteiger partial charge in [0.1, 0.15) is 5.75 Å². The molecule has 0 atom stereocenters. The summed E-state index contributed by atoms with van der Waals surface area (Å²) in [5.74, 6) is 0.754. The molecule has 3 heterocycles. The Bertz CT molecular complexity index is 1150. The Hall–Kier alpha value is -3.08. The SMILES string of the molecule is O=c1c2cc(O)ccc2nc2n1CCc1c-2[nH]c2ccccc12. The summed E-state index contributed by atoms with van der Waals surface area (Å²) in [6.07, 6.45) is 0.790. The van der Waals surface area contributed by atoms with E-state index in [2.05, 4.69) is 16.0 Å². The number of fused-ring (bicyclic) bond motifs is 6. The molecule has 5 nitrogen and oxygen atoms in total. The first-order valence-electron chi connectivity index (χ1n) is 7.56. The number of aryl methyl sites for hydroxylation is 1. The quantitative estimate of drug-likeness (QED) is 0.525. The molecule has 2 aromatic carbocycles. The first kappa shape index (κ1) is 12.5. The molecule has 0 radical (unpaired) electrons. The molecule has 0 amide bonds. The molecular weight excluding hydrogens is 290 g/mol. The predicted octanol–water partition coefficient (Wildman–Crippen LogP) is 2.81. The molecule has 23 heavy (non-hydrogen) atoms. The molecule has 0 unspecified atom stereocenters. The van der Waals surface area contributed by atoms with Crippen LogP contribution < -0.4 is 5.56 Å². The van der Waals surface area contributed by atoms with E-state index in [-0.39, 0.29) is 11.3 Å². The van der Waals surface area contributed by atoms with Crippen LogP contribution in [0.2, 0.25) is 0 Å². The lowest BCUT2D eigenvalue weighted by Crippen LogP contribution is -2.27. The monoisotopic (exact) mass is 303 g/mol. The highest BCUT2D eigenvalue weighted by Crippen LogP contribution is 2.33. The minimum Gasteiger partial charge on any atom is -0.508 e. The van der Waals surface area contributed by atoms with Crippen molar-refractivity contribution in [1.82, 2.24) is 14.5 Å². The summed E-state index contributed by atoms with van der Waals surface area (Å²) in [6, 6.07) is 12.9. The molecule has 5 rings (SSSR count). The van der Waals surface area contributed by atoms with Crippen LogP contribution in [0, 0.1) is 0 Å². The number of aromatic hydroxyl groups is 1. The predicted molar refractivity (Wildman–Crippen MR) is 88.7 cm³/mol. The molecule has 2 N–H and O–H groups in total. The second kappa shape index (κ2) is 4.23. The fourth-order valence-electron chi connectivity index (χ4n) is 3.48. The number of H-pyrrole nitrogens is 1. The molecule has 0 bridgehead atoms. The van der Waals surface area contributed by atoms with Gasteiger partial charge in [-0.05, 0) is 36.2 Å². The number of nitrogens with zero attached hydrogens (tertiary/aromatic N) is 2. The number of phenolic OH excluding ortho intramolecular Hbond substituents is 1. The van der Waals surface area contributed by atoms with Crippen LogP contribution in [-0.2, 0) is 13.0 Å². The molecule has 0 saturated heterocycles. The topological polar surface area (TPSA) is 70.9 Å². The standard InChI is InChI=1S/C18H13N3O2/c22-10-5-6-15-13(9-10)18(23)21-8-7-12-11-3-1-2-4-14(11)19-16(12)17(21)20-15/h1-6,9,19,22H,7-8H2. The van der Waals surface area contributed by atoms with Crippen LogP contribution in [0.4, 0.5) is 0 Å². The van der Waals surface area contributed by atoms with Crippen LogP contribution in [0.5, 0.6) is 5.75 Å². The zero-order chi connectivity index (χ0) is 15.6. The van der Waals surface area contributed by atoms with Crippen molar-refractivity contribution < 1.29 is 5.11 Å². The van der Waals surface area contributed by atoms with Crippen molar-refractivity contribution in [2.24, 2.45) is 0 Å². The number of benzene rings is 2. The van der Waals surface area contributed by atoms with E-state index in [4.69, 9.17) is 0 Å². The molecule has 0 fully saturated rings. The largest absolute Gasteiger partial charge is 0.508 e. The third-order valence-electron chi connectivity index (χ3n) is 4.56. The Morgan fingerprint density at radius 3 is 2.91 bits per heavy atom. The van der Waals surface area contributed by atoms with Crippen LogP contribution in [-0.4, -0.2) is 19.6 Å². The Kier molecular flexibility index (Phi) is 2.29. The van der Waals surface area contributed by atoms with Gasteiger partial charge >= 0.3 is 0 Å². The Labute approximate surface area is 130 Å². The normalized spacial score (nSPS) is 13.2. The lowest BCUT2D eigenvalue weighted by molar-refractivity contribution is 0.476. The Morgan fingerprint density at radius 2 is 2.00 bits per heavy atom. The highest BCUT2D eigenvalue weighted by atomic mass is 16.3. The lowest BCUT2D eigenvalue weighted by atomic mass is 10.0. The average molecular weight is 303 g/mol. The summed E-state index contributed by atoms with van der Waals surface area (Å²) >= 11 is 0. The lowest BCUT2D eigenvalue weighted by Gasteiger charge is -2.18. The van der Waals surface area contributed by atoms with Crippen molar-refractivity contribution in [3.05, 3.63) is 58.4 Å². The van der Waals surface area contributed by atoms with Gasteiger partial charge in [-0.25, -0.2) is 4.98 Å². The summed E-state index contributed by atoms with van der Waals surface area (Å²) in [5.41, 5.74) is 3.69. The summed E-state index contributed by atoms with van der Waals surface area (Å²) < 4.78 is 1.69. The zero-order valence-corrected chi connectivity index (χ0v) is 12.2. The summed E-state index contributed by atoms with van der Waals surface area (Å²) in [6.45, 7) is 0.599. The van der Waals surface area contributed by atoms with Crippen molar-refractivity contribution in [2.75, 3.05) is 0 Å². The van der Waals surface area contributed by atoms with E-state index >= 15 is 0 Å². The molecule has 4 aromatic rings. The van der Waals surface area contributed by atoms with Crippen LogP contribution in [0.25, 0.3) is 33.3 Å². The molecule has 1 aliphatic heterocycles. The van der Waals surface area contributed by atoms with Gasteiger partial charge < -0.3 is 10.1 Å². The smallest absolute Gasteiger partial charge is 0.261 e. The van der Waals surface area contributed by atoms with E-state index in [1.54, 1.807) is 16.7 Å². The van der Waals surface area contributed by atoms with Crippen LogP contribution in [0.15, 0.2) is 47.3 Å². The van der Waals surface area contributed by atoms with Crippen LogP contribution in [0.1, 0.15) is 5.56 Å². The number of hydrogen-bond acceptors (Lipinski definition) is 3. The Balaban J connectivity index is 1.90. The molecule has 112 valence electrons. The maximum absolute atomic E-state index is 12.7. The number of aromatic amines is 1. The van der Waals surface area contributed by atoms with Gasteiger partial charge in [0.15, 0.2) is 5.82 Å². The van der Waals surface area contributed by atoms with Crippen molar-refractivity contribution in [2.45, 2.75) is 13.0 Å². The van der Waals surface area contributed by atoms with Gasteiger partial charge in [0, 0.05) is 17.4 Å². The number of hydrogen-bond donors (Lipinski definition) is 2. The van der Waals surface area contributed by atoms with Gasteiger partial charge in [-0.15, -0.1) is 0 Å². The fraction of sp³-hybridized carbons (Fsp3) is 0.111. The van der Waals surface area contributed by atoms with E-state index in [0.717, 1.165) is 17.6 Å². The first-order valence-corrected chi connectivity index (χ1v) is 7.56. The molecule has 2 aromatic heterocycles. The Morgan fingerprint density at radius 1 is 1.13 bits per heavy atom. The van der Waals surface area contributed by atoms with Crippen molar-refractivity contribution in [3.8, 4) is 17.3 Å². The summed E-state index contributed by atoms with van der Waals surface area (Å²) in [4.78, 5) is 20.8. The van der Waals surface area contributed by atoms with Crippen LogP contribution >= 0.6 is 0 Å². The third kappa shape index (κ3) is 1.61. The van der Waals surface area contributed by atoms with Gasteiger partial charge in [-0.2, -0.15) is 0 Å². The second-order valence-electron chi connectivity index (χ2n) is 5.87. The highest BCUT2D eigenvalue weighted by molar-refractivity contribution is 5.91. The first-order chi connectivity index (χ1) is 11.2. The highest BCUT2D eigenvalue weighted by Gasteiger charge is 2.23. The third-order valence-corrected chi connectivity index (χ3v) is 4.56. The number of aromatic nitrogens is 3. The van der Waals surface area contributed by atoms with E-state index in [1.165, 1.54) is 17.0 Å². The number of rotatable bonds is 0. The van der Waals surface area contributed by atoms with E-state index in [0.29, 0.717) is 23.3 Å². The molecule has 0 saturated carbocycles. The number of nitrogens with one attached hydrogen (secondary N) is 1. The van der Waals surface area contributed by atoms with Crippen molar-refractivity contribution in [3.63, 3.8) is 0 Å². The summed E-state index contributed by atoms with van der Waals surface area (Å²) in [7, 11) is 0. The second-order valence-corrected chi connectivity index (χ2v) is 5.87. The fourth-order valence-corrected chi connectivity index (χ4v) is 3.48. The maximum atomic E-state index is 12.7. The maximum Gasteiger partial charge on any atom is 0.261 e. The molecule has 5 heteroatoms. The van der Waals surface area contributed by atoms with E-state index < -0.39 is 0 Å². The van der Waals surface area contributed by atoms with Gasteiger partial charge in [-0.1, -0.05) is 18.2 Å². The van der Waals surface area contributed by atoms with Gasteiger partial charge in [0.05, 0.1) is 16.6 Å². The zero-order valence-electron chi connectivity index (χ0n) is 12.2. The molecule has 0 spiro atoms. The van der Waals surface area contributed by atoms with Crippen molar-refractivity contribution in [1.29, 1.82) is 0 Å². The van der Waals surface area contributed by atoms with Gasteiger partial charge in [-0.3, -0.25) is 9.36 Å². The van der Waals surface area contributed by atoms with E-state index in [9.17, 15) is 9.90 Å². The van der Waals surface area contributed by atoms with Gasteiger partial charge in [0.2, 0.25) is 0 Å². The number of para-hydroxylation sites is 1. The van der Waals surface area contributed by atoms with Crippen molar-refractivity contribution >= 4 is 21.8 Å². The van der Waals surface area contributed by atoms with Gasteiger partial charge in [0.25, 0.3) is 5.56 Å².